The molecule has 0 aliphatic heterocycles. The normalized spacial score (nSPS) is 10.4. The molecule has 1 aromatic heterocycles. The fraction of sp³-hybridized carbons (Fsp3) is 0.0625. The van der Waals surface area contributed by atoms with Crippen LogP contribution >= 0.6 is 0 Å². The van der Waals surface area contributed by atoms with Crippen molar-refractivity contribution in [2.75, 3.05) is 0 Å². The van der Waals surface area contributed by atoms with Crippen molar-refractivity contribution in [1.82, 2.24) is 15.2 Å². The molecule has 1 heterocycles. The van der Waals surface area contributed by atoms with E-state index in [4.69, 9.17) is 0 Å². The smallest absolute Gasteiger partial charge is 0.266 e. The Morgan fingerprint density at radius 3 is 2.25 bits per heavy atom. The Bertz CT molecular complexity index is 751. The molecule has 2 aromatic carbocycles. The summed E-state index contributed by atoms with van der Waals surface area (Å²) in [4.78, 5) is 16.2. The lowest BCUT2D eigenvalue weighted by atomic mass is 10.1. The molecule has 0 unspecified atom stereocenters. The summed E-state index contributed by atoms with van der Waals surface area (Å²) in [6, 6.07) is 19.4. The van der Waals surface area contributed by atoms with E-state index in [9.17, 15) is 4.79 Å². The summed E-state index contributed by atoms with van der Waals surface area (Å²) in [5.41, 5.74) is 2.17. The number of rotatable bonds is 3. The maximum Gasteiger partial charge on any atom is 0.286 e. The highest BCUT2D eigenvalue weighted by Crippen LogP contribution is 2.12. The van der Waals surface area contributed by atoms with Gasteiger partial charge >= 0.3 is 0 Å². The SMILES string of the molecule is O=c1[nH]nc(-c2ccccc2)nc1Cc1ccccc1. The second-order valence-corrected chi connectivity index (χ2v) is 4.46. The van der Waals surface area contributed by atoms with Crippen LogP contribution in [0.4, 0.5) is 0 Å². The Kier molecular flexibility index (Phi) is 3.37. The second-order valence-electron chi connectivity index (χ2n) is 4.46. The minimum atomic E-state index is -0.242. The third-order valence-corrected chi connectivity index (χ3v) is 3.01. The molecule has 3 aromatic rings. The number of H-pyrrole nitrogens is 1. The summed E-state index contributed by atoms with van der Waals surface area (Å²) >= 11 is 0. The van der Waals surface area contributed by atoms with Crippen LogP contribution in [0.5, 0.6) is 0 Å². The topological polar surface area (TPSA) is 58.6 Å². The number of hydrogen-bond donors (Lipinski definition) is 1. The van der Waals surface area contributed by atoms with Crippen LogP contribution in [-0.4, -0.2) is 15.2 Å². The lowest BCUT2D eigenvalue weighted by molar-refractivity contribution is 0.883. The van der Waals surface area contributed by atoms with E-state index < -0.39 is 0 Å². The van der Waals surface area contributed by atoms with Gasteiger partial charge in [0.2, 0.25) is 0 Å². The highest BCUT2D eigenvalue weighted by atomic mass is 16.1. The van der Waals surface area contributed by atoms with Gasteiger partial charge in [0.15, 0.2) is 5.82 Å². The number of aromatic nitrogens is 3. The summed E-state index contributed by atoms with van der Waals surface area (Å²) in [7, 11) is 0. The highest BCUT2D eigenvalue weighted by molar-refractivity contribution is 5.53. The molecule has 0 radical (unpaired) electrons. The Labute approximate surface area is 116 Å². The molecule has 0 fully saturated rings. The molecule has 0 saturated carbocycles. The van der Waals surface area contributed by atoms with Gasteiger partial charge < -0.3 is 0 Å². The van der Waals surface area contributed by atoms with E-state index >= 15 is 0 Å². The number of aromatic amines is 1. The van der Waals surface area contributed by atoms with E-state index in [0.717, 1.165) is 11.1 Å². The monoisotopic (exact) mass is 263 g/mol. The van der Waals surface area contributed by atoms with Gasteiger partial charge in [-0.05, 0) is 5.56 Å². The van der Waals surface area contributed by atoms with Gasteiger partial charge in [0.05, 0.1) is 0 Å². The van der Waals surface area contributed by atoms with Gasteiger partial charge in [0, 0.05) is 12.0 Å². The molecule has 0 saturated heterocycles. The fourth-order valence-corrected chi connectivity index (χ4v) is 2.00. The first-order valence-electron chi connectivity index (χ1n) is 6.38. The van der Waals surface area contributed by atoms with Crippen LogP contribution < -0.4 is 5.56 Å². The van der Waals surface area contributed by atoms with Crippen molar-refractivity contribution >= 4 is 0 Å². The van der Waals surface area contributed by atoms with E-state index in [1.54, 1.807) is 0 Å². The molecule has 0 aliphatic rings. The lowest BCUT2D eigenvalue weighted by Gasteiger charge is -2.03. The van der Waals surface area contributed by atoms with E-state index in [1.165, 1.54) is 0 Å². The Hall–Kier alpha value is -2.75. The summed E-state index contributed by atoms with van der Waals surface area (Å²) in [5, 5.41) is 6.52. The van der Waals surface area contributed by atoms with Crippen molar-refractivity contribution in [3.05, 3.63) is 82.3 Å². The van der Waals surface area contributed by atoms with Gasteiger partial charge in [-0.1, -0.05) is 60.7 Å². The molecule has 0 amide bonds. The van der Waals surface area contributed by atoms with Gasteiger partial charge in [0.25, 0.3) is 5.56 Å². The van der Waals surface area contributed by atoms with Crippen molar-refractivity contribution in [3.63, 3.8) is 0 Å². The summed E-state index contributed by atoms with van der Waals surface area (Å²) in [6.07, 6.45) is 0.499. The largest absolute Gasteiger partial charge is 0.286 e. The third-order valence-electron chi connectivity index (χ3n) is 3.01. The number of nitrogens with zero attached hydrogens (tertiary/aromatic N) is 2. The van der Waals surface area contributed by atoms with Crippen LogP contribution in [0.1, 0.15) is 11.3 Å². The summed E-state index contributed by atoms with van der Waals surface area (Å²) in [6.45, 7) is 0. The quantitative estimate of drug-likeness (QED) is 0.789. The van der Waals surface area contributed by atoms with Crippen LogP contribution in [0.15, 0.2) is 65.5 Å². The number of nitrogens with one attached hydrogen (secondary N) is 1. The van der Waals surface area contributed by atoms with Gasteiger partial charge in [0.1, 0.15) is 5.69 Å². The van der Waals surface area contributed by atoms with Crippen LogP contribution in [-0.2, 0) is 6.42 Å². The van der Waals surface area contributed by atoms with Crippen molar-refractivity contribution in [2.24, 2.45) is 0 Å². The molecular weight excluding hydrogens is 250 g/mol. The predicted octanol–water partition coefficient (Wildman–Crippen LogP) is 2.42. The average Bonchev–Trinajstić information content (AvgIpc) is 2.51. The van der Waals surface area contributed by atoms with Crippen LogP contribution in [0.2, 0.25) is 0 Å². The van der Waals surface area contributed by atoms with Crippen LogP contribution in [0.25, 0.3) is 11.4 Å². The minimum absolute atomic E-state index is 0.242. The average molecular weight is 263 g/mol. The maximum atomic E-state index is 11.8. The van der Waals surface area contributed by atoms with E-state index in [1.807, 2.05) is 60.7 Å². The van der Waals surface area contributed by atoms with Crippen molar-refractivity contribution in [2.45, 2.75) is 6.42 Å². The van der Waals surface area contributed by atoms with E-state index in [0.29, 0.717) is 17.9 Å². The molecule has 4 nitrogen and oxygen atoms in total. The van der Waals surface area contributed by atoms with Crippen molar-refractivity contribution < 1.29 is 0 Å². The zero-order chi connectivity index (χ0) is 13.8. The zero-order valence-electron chi connectivity index (χ0n) is 10.8. The van der Waals surface area contributed by atoms with Crippen molar-refractivity contribution in [3.8, 4) is 11.4 Å². The fourth-order valence-electron chi connectivity index (χ4n) is 2.00. The lowest BCUT2D eigenvalue weighted by Crippen LogP contribution is -2.18. The predicted molar refractivity (Wildman–Crippen MR) is 77.3 cm³/mol. The molecule has 98 valence electrons. The summed E-state index contributed by atoms with van der Waals surface area (Å²) < 4.78 is 0. The molecule has 0 aliphatic carbocycles. The van der Waals surface area contributed by atoms with Crippen LogP contribution in [0.3, 0.4) is 0 Å². The van der Waals surface area contributed by atoms with E-state index in [2.05, 4.69) is 15.2 Å². The molecular formula is C16H13N3O. The Morgan fingerprint density at radius 1 is 0.900 bits per heavy atom. The number of hydrogen-bond acceptors (Lipinski definition) is 3. The first-order valence-corrected chi connectivity index (χ1v) is 6.38. The molecule has 20 heavy (non-hydrogen) atoms. The van der Waals surface area contributed by atoms with Crippen molar-refractivity contribution in [1.29, 1.82) is 0 Å². The van der Waals surface area contributed by atoms with Crippen LogP contribution in [0, 0.1) is 0 Å². The van der Waals surface area contributed by atoms with Gasteiger partial charge in [-0.25, -0.2) is 10.1 Å². The molecule has 0 spiro atoms. The second kappa shape index (κ2) is 5.48. The minimum Gasteiger partial charge on any atom is -0.266 e. The van der Waals surface area contributed by atoms with Gasteiger partial charge in [-0.15, -0.1) is 0 Å². The van der Waals surface area contributed by atoms with E-state index in [-0.39, 0.29) is 5.56 Å². The molecule has 0 atom stereocenters. The Balaban J connectivity index is 1.98. The summed E-state index contributed by atoms with van der Waals surface area (Å²) in [5.74, 6) is 0.538. The highest BCUT2D eigenvalue weighted by Gasteiger charge is 2.07. The number of benzene rings is 2. The van der Waals surface area contributed by atoms with Gasteiger partial charge in [-0.3, -0.25) is 4.79 Å². The molecule has 3 rings (SSSR count). The third kappa shape index (κ3) is 2.64. The molecule has 4 heteroatoms. The standard InChI is InChI=1S/C16H13N3O/c20-16-14(11-12-7-3-1-4-8-12)17-15(18-19-16)13-9-5-2-6-10-13/h1-10H,11H2,(H,19,20). The molecule has 1 N–H and O–H groups in total. The zero-order valence-corrected chi connectivity index (χ0v) is 10.8. The Morgan fingerprint density at radius 2 is 1.55 bits per heavy atom. The first kappa shape index (κ1) is 12.3. The first-order chi connectivity index (χ1) is 9.83. The van der Waals surface area contributed by atoms with Gasteiger partial charge in [-0.2, -0.15) is 5.10 Å². The molecule has 0 bridgehead atoms. The maximum absolute atomic E-state index is 11.8.